The van der Waals surface area contributed by atoms with E-state index in [1.807, 2.05) is 49.5 Å². The van der Waals surface area contributed by atoms with Crippen molar-refractivity contribution in [3.05, 3.63) is 63.1 Å². The van der Waals surface area contributed by atoms with Crippen molar-refractivity contribution < 1.29 is 5.11 Å². The number of benzene rings is 2. The van der Waals surface area contributed by atoms with Gasteiger partial charge in [0.1, 0.15) is 0 Å². The number of nitrogens with zero attached hydrogens (tertiary/aromatic N) is 1. The molecule has 0 aliphatic heterocycles. The van der Waals surface area contributed by atoms with Gasteiger partial charge in [-0.1, -0.05) is 51.8 Å². The zero-order chi connectivity index (χ0) is 14.7. The number of rotatable bonds is 4. The van der Waals surface area contributed by atoms with Crippen LogP contribution in [0.3, 0.4) is 0 Å². The summed E-state index contributed by atoms with van der Waals surface area (Å²) in [5.74, 6) is 0. The number of aliphatic hydroxyl groups is 1. The normalized spacial score (nSPS) is 12.2. The fraction of sp³-hybridized carbons (Fsp3) is 0.250. The van der Waals surface area contributed by atoms with Gasteiger partial charge in [-0.3, -0.25) is 0 Å². The minimum atomic E-state index is 0.0324. The van der Waals surface area contributed by atoms with Crippen molar-refractivity contribution in [2.75, 3.05) is 11.9 Å². The Labute approximate surface area is 133 Å². The topological polar surface area (TPSA) is 23.5 Å². The summed E-state index contributed by atoms with van der Waals surface area (Å²) >= 11 is 9.74. The molecule has 0 saturated carbocycles. The Morgan fingerprint density at radius 3 is 2.55 bits per heavy atom. The lowest BCUT2D eigenvalue weighted by atomic mass is 10.1. The number of hydrogen-bond donors (Lipinski definition) is 1. The molecule has 0 heterocycles. The van der Waals surface area contributed by atoms with Gasteiger partial charge in [-0.25, -0.2) is 0 Å². The lowest BCUT2D eigenvalue weighted by Crippen LogP contribution is -2.21. The number of halogens is 2. The summed E-state index contributed by atoms with van der Waals surface area (Å²) in [4.78, 5) is 2.16. The first-order chi connectivity index (χ1) is 9.54. The van der Waals surface area contributed by atoms with E-state index in [4.69, 9.17) is 11.6 Å². The van der Waals surface area contributed by atoms with Crippen LogP contribution in [-0.2, 0) is 6.61 Å². The first-order valence-electron chi connectivity index (χ1n) is 6.41. The molecule has 0 fully saturated rings. The van der Waals surface area contributed by atoms with E-state index in [9.17, 15) is 5.11 Å². The maximum absolute atomic E-state index is 9.21. The van der Waals surface area contributed by atoms with E-state index in [-0.39, 0.29) is 12.6 Å². The van der Waals surface area contributed by atoms with E-state index in [2.05, 4.69) is 27.8 Å². The number of aliphatic hydroxyl groups excluding tert-OH is 1. The van der Waals surface area contributed by atoms with Gasteiger partial charge >= 0.3 is 0 Å². The van der Waals surface area contributed by atoms with Gasteiger partial charge in [0.25, 0.3) is 0 Å². The van der Waals surface area contributed by atoms with Gasteiger partial charge in [-0.05, 0) is 36.2 Å². The van der Waals surface area contributed by atoms with Crippen molar-refractivity contribution in [1.29, 1.82) is 0 Å². The fourth-order valence-electron chi connectivity index (χ4n) is 2.13. The van der Waals surface area contributed by atoms with Crippen LogP contribution < -0.4 is 4.90 Å². The van der Waals surface area contributed by atoms with Crippen molar-refractivity contribution >= 4 is 33.2 Å². The van der Waals surface area contributed by atoms with E-state index in [0.717, 1.165) is 26.3 Å². The number of hydrogen-bond acceptors (Lipinski definition) is 2. The Kier molecular flexibility index (Phi) is 5.08. The molecule has 1 N–H and O–H groups in total. The summed E-state index contributed by atoms with van der Waals surface area (Å²) in [6.07, 6.45) is 0. The monoisotopic (exact) mass is 353 g/mol. The highest BCUT2D eigenvalue weighted by molar-refractivity contribution is 9.10. The van der Waals surface area contributed by atoms with Gasteiger partial charge in [-0.2, -0.15) is 0 Å². The first-order valence-corrected chi connectivity index (χ1v) is 7.58. The third kappa shape index (κ3) is 3.17. The predicted molar refractivity (Wildman–Crippen MR) is 88.3 cm³/mol. The molecule has 106 valence electrons. The summed E-state index contributed by atoms with van der Waals surface area (Å²) < 4.78 is 0.913. The van der Waals surface area contributed by atoms with Crippen LogP contribution in [-0.4, -0.2) is 12.2 Å². The lowest BCUT2D eigenvalue weighted by Gasteiger charge is -2.28. The minimum absolute atomic E-state index is 0.0324. The second-order valence-electron chi connectivity index (χ2n) is 4.74. The molecule has 0 spiro atoms. The molecule has 1 unspecified atom stereocenters. The second kappa shape index (κ2) is 6.61. The van der Waals surface area contributed by atoms with Crippen LogP contribution in [0.2, 0.25) is 5.02 Å². The van der Waals surface area contributed by atoms with E-state index in [0.29, 0.717) is 0 Å². The molecule has 20 heavy (non-hydrogen) atoms. The van der Waals surface area contributed by atoms with Crippen molar-refractivity contribution in [2.24, 2.45) is 0 Å². The molecular formula is C16H17BrClNO. The molecule has 2 nitrogen and oxygen atoms in total. The zero-order valence-corrected chi connectivity index (χ0v) is 13.8. The van der Waals surface area contributed by atoms with E-state index in [1.54, 1.807) is 0 Å². The quantitative estimate of drug-likeness (QED) is 0.853. The van der Waals surface area contributed by atoms with Gasteiger partial charge in [0.15, 0.2) is 0 Å². The SMILES string of the molecule is CC(c1ccccc1Cl)N(C)c1ccc(CO)c(Br)c1. The first kappa shape index (κ1) is 15.4. The Morgan fingerprint density at radius 2 is 1.95 bits per heavy atom. The van der Waals surface area contributed by atoms with Crippen LogP contribution in [0, 0.1) is 0 Å². The summed E-state index contributed by atoms with van der Waals surface area (Å²) in [6, 6.07) is 14.0. The maximum atomic E-state index is 9.21. The van der Waals surface area contributed by atoms with Crippen LogP contribution in [0.5, 0.6) is 0 Å². The summed E-state index contributed by atoms with van der Waals surface area (Å²) in [5, 5.41) is 9.99. The Hall–Kier alpha value is -1.03. The number of anilines is 1. The smallest absolute Gasteiger partial charge is 0.0692 e. The molecular weight excluding hydrogens is 338 g/mol. The Morgan fingerprint density at radius 1 is 1.25 bits per heavy atom. The molecule has 0 amide bonds. The van der Waals surface area contributed by atoms with Crippen LogP contribution in [0.15, 0.2) is 46.9 Å². The van der Waals surface area contributed by atoms with Crippen molar-refractivity contribution in [1.82, 2.24) is 0 Å². The van der Waals surface area contributed by atoms with Crippen LogP contribution in [0.4, 0.5) is 5.69 Å². The molecule has 0 aliphatic carbocycles. The molecule has 1 atom stereocenters. The molecule has 0 aromatic heterocycles. The molecule has 0 bridgehead atoms. The summed E-state index contributed by atoms with van der Waals surface area (Å²) in [5.41, 5.74) is 3.05. The van der Waals surface area contributed by atoms with Gasteiger partial charge in [-0.15, -0.1) is 0 Å². The molecule has 2 aromatic carbocycles. The predicted octanol–water partition coefficient (Wildman–Crippen LogP) is 4.79. The van der Waals surface area contributed by atoms with Crippen molar-refractivity contribution in [3.8, 4) is 0 Å². The van der Waals surface area contributed by atoms with E-state index < -0.39 is 0 Å². The zero-order valence-electron chi connectivity index (χ0n) is 11.5. The Balaban J connectivity index is 2.29. The Bertz CT molecular complexity index is 603. The fourth-order valence-corrected chi connectivity index (χ4v) is 2.92. The largest absolute Gasteiger partial charge is 0.392 e. The molecule has 0 aliphatic rings. The average molecular weight is 355 g/mol. The van der Waals surface area contributed by atoms with Crippen molar-refractivity contribution in [2.45, 2.75) is 19.6 Å². The third-order valence-corrected chi connectivity index (χ3v) is 4.63. The standard InChI is InChI=1S/C16H17BrClNO/c1-11(14-5-3-4-6-16(14)18)19(2)13-8-7-12(10-20)15(17)9-13/h3-9,11,20H,10H2,1-2H3. The average Bonchev–Trinajstić information content (AvgIpc) is 2.46. The molecule has 0 radical (unpaired) electrons. The third-order valence-electron chi connectivity index (χ3n) is 3.55. The van der Waals surface area contributed by atoms with Gasteiger partial charge in [0.2, 0.25) is 0 Å². The highest BCUT2D eigenvalue weighted by atomic mass is 79.9. The minimum Gasteiger partial charge on any atom is -0.392 e. The highest BCUT2D eigenvalue weighted by Crippen LogP contribution is 2.32. The molecule has 4 heteroatoms. The van der Waals surface area contributed by atoms with Crippen LogP contribution in [0.25, 0.3) is 0 Å². The van der Waals surface area contributed by atoms with Gasteiger partial charge in [0, 0.05) is 22.2 Å². The van der Waals surface area contributed by atoms with Crippen LogP contribution >= 0.6 is 27.5 Å². The van der Waals surface area contributed by atoms with Gasteiger partial charge < -0.3 is 10.0 Å². The molecule has 0 saturated heterocycles. The second-order valence-corrected chi connectivity index (χ2v) is 6.00. The summed E-state index contributed by atoms with van der Waals surface area (Å²) in [6.45, 7) is 2.15. The van der Waals surface area contributed by atoms with Crippen molar-refractivity contribution in [3.63, 3.8) is 0 Å². The van der Waals surface area contributed by atoms with Gasteiger partial charge in [0.05, 0.1) is 12.6 Å². The van der Waals surface area contributed by atoms with Crippen LogP contribution in [0.1, 0.15) is 24.1 Å². The molecule has 2 rings (SSSR count). The van der Waals surface area contributed by atoms with E-state index >= 15 is 0 Å². The highest BCUT2D eigenvalue weighted by Gasteiger charge is 2.15. The van der Waals surface area contributed by atoms with E-state index in [1.165, 1.54) is 0 Å². The molecule has 2 aromatic rings. The lowest BCUT2D eigenvalue weighted by molar-refractivity contribution is 0.281. The summed E-state index contributed by atoms with van der Waals surface area (Å²) in [7, 11) is 2.04. The maximum Gasteiger partial charge on any atom is 0.0692 e.